The van der Waals surface area contributed by atoms with E-state index < -0.39 is 0 Å². The zero-order valence-electron chi connectivity index (χ0n) is 20.8. The Morgan fingerprint density at radius 1 is 1.09 bits per heavy atom. The van der Waals surface area contributed by atoms with Crippen molar-refractivity contribution in [3.63, 3.8) is 0 Å². The topological polar surface area (TPSA) is 39.3 Å². The number of allylic oxidation sites excluding steroid dienone is 2. The van der Waals surface area contributed by atoms with E-state index in [9.17, 15) is 0 Å². The predicted octanol–water partition coefficient (Wildman–Crippen LogP) is 5.31. The number of piperazine rings is 1. The second kappa shape index (κ2) is 11.0. The lowest BCUT2D eigenvalue weighted by Gasteiger charge is -2.31. The minimum Gasteiger partial charge on any atom is -0.394 e. The molecule has 2 aromatic carbocycles. The molecule has 3 N–H and O–H groups in total. The molecule has 2 aliphatic rings. The molecule has 1 aliphatic carbocycles. The fraction of sp³-hybridized carbons (Fsp3) is 0.448. The molecule has 4 heteroatoms. The first kappa shape index (κ1) is 23.6. The molecule has 1 atom stereocenters. The zero-order valence-corrected chi connectivity index (χ0v) is 20.8. The number of hydrogen-bond acceptors (Lipinski definition) is 4. The lowest BCUT2D eigenvalue weighted by Crippen LogP contribution is -2.44. The van der Waals surface area contributed by atoms with Crippen LogP contribution in [0.1, 0.15) is 54.4 Å². The molecule has 0 spiro atoms. The second-order valence-electron chi connectivity index (χ2n) is 9.61. The molecule has 1 saturated carbocycles. The van der Waals surface area contributed by atoms with E-state index in [-0.39, 0.29) is 5.92 Å². The van der Waals surface area contributed by atoms with E-state index in [1.54, 1.807) is 5.57 Å². The van der Waals surface area contributed by atoms with E-state index in [0.717, 1.165) is 32.7 Å². The highest BCUT2D eigenvalue weighted by molar-refractivity contribution is 5.56. The van der Waals surface area contributed by atoms with Crippen LogP contribution in [0.3, 0.4) is 0 Å². The molecule has 1 aliphatic heterocycles. The SMILES string of the molecule is CN/C=C(\C)C(c1cccc(NC(CN2CCNCC2)=C2CCC2)c1)c1cccc(C)c1C. The number of rotatable bonds is 8. The molecule has 0 bridgehead atoms. The monoisotopic (exact) mass is 444 g/mol. The maximum atomic E-state index is 3.85. The first-order valence-electron chi connectivity index (χ1n) is 12.5. The molecule has 1 saturated heterocycles. The van der Waals surface area contributed by atoms with Gasteiger partial charge in [-0.25, -0.2) is 0 Å². The normalized spacial score (nSPS) is 17.9. The molecule has 33 heavy (non-hydrogen) atoms. The Balaban J connectivity index is 1.64. The molecule has 2 fully saturated rings. The minimum absolute atomic E-state index is 0.229. The van der Waals surface area contributed by atoms with Crippen LogP contribution in [0, 0.1) is 13.8 Å². The number of nitrogens with one attached hydrogen (secondary N) is 3. The van der Waals surface area contributed by atoms with Gasteiger partial charge in [0, 0.05) is 57.1 Å². The predicted molar refractivity (Wildman–Crippen MR) is 141 cm³/mol. The van der Waals surface area contributed by atoms with E-state index >= 15 is 0 Å². The van der Waals surface area contributed by atoms with Crippen LogP contribution in [0.4, 0.5) is 5.69 Å². The Labute approximate surface area is 200 Å². The summed E-state index contributed by atoms with van der Waals surface area (Å²) in [6.45, 7) is 12.1. The fourth-order valence-corrected chi connectivity index (χ4v) is 5.04. The van der Waals surface area contributed by atoms with Gasteiger partial charge in [0.1, 0.15) is 0 Å². The maximum Gasteiger partial charge on any atom is 0.0385 e. The van der Waals surface area contributed by atoms with Gasteiger partial charge in [-0.15, -0.1) is 0 Å². The third kappa shape index (κ3) is 5.69. The van der Waals surface area contributed by atoms with Crippen LogP contribution in [0.15, 0.2) is 65.5 Å². The Hall–Kier alpha value is -2.56. The van der Waals surface area contributed by atoms with Gasteiger partial charge < -0.3 is 16.0 Å². The molecular weight excluding hydrogens is 404 g/mol. The Morgan fingerprint density at radius 2 is 1.85 bits per heavy atom. The standard InChI is InChI=1S/C29H40N4/c1-21-8-5-13-27(23(21)3)29(22(2)19-30-4)25-11-7-12-26(18-25)32-28(24-9-6-10-24)20-33-16-14-31-15-17-33/h5,7-8,11-13,18-19,29-32H,6,9-10,14-17,20H2,1-4H3/b22-19+. The third-order valence-electron chi connectivity index (χ3n) is 7.28. The van der Waals surface area contributed by atoms with Crippen molar-refractivity contribution in [1.29, 1.82) is 0 Å². The van der Waals surface area contributed by atoms with Crippen molar-refractivity contribution in [3.8, 4) is 0 Å². The van der Waals surface area contributed by atoms with Gasteiger partial charge in [0.25, 0.3) is 0 Å². The smallest absolute Gasteiger partial charge is 0.0385 e. The molecule has 0 amide bonds. The highest BCUT2D eigenvalue weighted by Crippen LogP contribution is 2.36. The quantitative estimate of drug-likeness (QED) is 0.516. The lowest BCUT2D eigenvalue weighted by molar-refractivity contribution is 0.258. The molecular formula is C29H40N4. The van der Waals surface area contributed by atoms with Crippen LogP contribution in [-0.4, -0.2) is 44.7 Å². The van der Waals surface area contributed by atoms with Gasteiger partial charge >= 0.3 is 0 Å². The maximum absolute atomic E-state index is 3.85. The summed E-state index contributed by atoms with van der Waals surface area (Å²) in [6, 6.07) is 15.7. The minimum atomic E-state index is 0.229. The fourth-order valence-electron chi connectivity index (χ4n) is 5.04. The van der Waals surface area contributed by atoms with E-state index in [1.165, 1.54) is 58.5 Å². The van der Waals surface area contributed by atoms with Gasteiger partial charge in [0.2, 0.25) is 0 Å². The highest BCUT2D eigenvalue weighted by Gasteiger charge is 2.21. The van der Waals surface area contributed by atoms with Crippen LogP contribution in [0.25, 0.3) is 0 Å². The Morgan fingerprint density at radius 3 is 2.55 bits per heavy atom. The van der Waals surface area contributed by atoms with E-state index in [0.29, 0.717) is 0 Å². The summed E-state index contributed by atoms with van der Waals surface area (Å²) in [5.74, 6) is 0.229. The molecule has 2 aromatic rings. The second-order valence-corrected chi connectivity index (χ2v) is 9.61. The molecule has 4 nitrogen and oxygen atoms in total. The largest absolute Gasteiger partial charge is 0.394 e. The van der Waals surface area contributed by atoms with Crippen molar-refractivity contribution in [2.45, 2.75) is 46.0 Å². The first-order chi connectivity index (χ1) is 16.1. The summed E-state index contributed by atoms with van der Waals surface area (Å²) in [5, 5.41) is 10.6. The van der Waals surface area contributed by atoms with Crippen molar-refractivity contribution < 1.29 is 0 Å². The summed E-state index contributed by atoms with van der Waals surface area (Å²) in [5.41, 5.74) is 11.0. The van der Waals surface area contributed by atoms with Crippen LogP contribution in [0.5, 0.6) is 0 Å². The van der Waals surface area contributed by atoms with Gasteiger partial charge in [0.05, 0.1) is 0 Å². The molecule has 176 valence electrons. The van der Waals surface area contributed by atoms with Gasteiger partial charge in [-0.2, -0.15) is 0 Å². The van der Waals surface area contributed by atoms with Crippen LogP contribution in [-0.2, 0) is 0 Å². The van der Waals surface area contributed by atoms with E-state index in [2.05, 4.69) is 90.3 Å². The average molecular weight is 445 g/mol. The number of nitrogens with zero attached hydrogens (tertiary/aromatic N) is 1. The molecule has 1 heterocycles. The van der Waals surface area contributed by atoms with Crippen LogP contribution >= 0.6 is 0 Å². The summed E-state index contributed by atoms with van der Waals surface area (Å²) in [4.78, 5) is 2.58. The Bertz CT molecular complexity index is 1010. The molecule has 0 aromatic heterocycles. The van der Waals surface area contributed by atoms with Gasteiger partial charge in [0.15, 0.2) is 0 Å². The van der Waals surface area contributed by atoms with Crippen LogP contribution < -0.4 is 16.0 Å². The number of benzene rings is 2. The van der Waals surface area contributed by atoms with Crippen molar-refractivity contribution in [2.75, 3.05) is 45.1 Å². The summed E-state index contributed by atoms with van der Waals surface area (Å²) >= 11 is 0. The summed E-state index contributed by atoms with van der Waals surface area (Å²) in [7, 11) is 1.98. The van der Waals surface area contributed by atoms with Crippen molar-refractivity contribution in [3.05, 3.63) is 87.8 Å². The lowest BCUT2D eigenvalue weighted by atomic mass is 9.82. The summed E-state index contributed by atoms with van der Waals surface area (Å²) < 4.78 is 0. The highest BCUT2D eigenvalue weighted by atomic mass is 15.2. The average Bonchev–Trinajstić information content (AvgIpc) is 2.77. The Kier molecular flexibility index (Phi) is 7.89. The first-order valence-corrected chi connectivity index (χ1v) is 12.5. The number of hydrogen-bond donors (Lipinski definition) is 3. The number of anilines is 1. The van der Waals surface area contributed by atoms with Crippen LogP contribution in [0.2, 0.25) is 0 Å². The van der Waals surface area contributed by atoms with Crippen molar-refractivity contribution >= 4 is 5.69 Å². The summed E-state index contributed by atoms with van der Waals surface area (Å²) in [6.07, 6.45) is 5.94. The van der Waals surface area contributed by atoms with Crippen molar-refractivity contribution in [2.24, 2.45) is 0 Å². The number of aryl methyl sites for hydroxylation is 1. The third-order valence-corrected chi connectivity index (χ3v) is 7.28. The molecule has 1 unspecified atom stereocenters. The molecule has 0 radical (unpaired) electrons. The zero-order chi connectivity index (χ0) is 23.2. The van der Waals surface area contributed by atoms with Gasteiger partial charge in [-0.1, -0.05) is 30.3 Å². The van der Waals surface area contributed by atoms with E-state index in [4.69, 9.17) is 0 Å². The van der Waals surface area contributed by atoms with Crippen molar-refractivity contribution in [1.82, 2.24) is 15.5 Å². The van der Waals surface area contributed by atoms with Gasteiger partial charge in [-0.05, 0) is 91.8 Å². The van der Waals surface area contributed by atoms with E-state index in [1.807, 2.05) is 7.05 Å². The molecule has 4 rings (SSSR count). The van der Waals surface area contributed by atoms with Gasteiger partial charge in [-0.3, -0.25) is 4.90 Å².